The lowest BCUT2D eigenvalue weighted by molar-refractivity contribution is 0.669. The van der Waals surface area contributed by atoms with Gasteiger partial charge in [0, 0.05) is 43.9 Å². The van der Waals surface area contributed by atoms with Crippen molar-refractivity contribution < 1.29 is 4.42 Å². The van der Waals surface area contributed by atoms with Gasteiger partial charge in [0.05, 0.1) is 16.4 Å². The smallest absolute Gasteiger partial charge is 0.164 e. The van der Waals surface area contributed by atoms with Gasteiger partial charge in [-0.3, -0.25) is 0 Å². The molecule has 348 valence electrons. The first-order valence-corrected chi connectivity index (χ1v) is 25.6. The summed E-state index contributed by atoms with van der Waals surface area (Å²) in [5.74, 6) is 1.83. The van der Waals surface area contributed by atoms with Gasteiger partial charge in [-0.15, -0.1) is 0 Å². The molecule has 3 heterocycles. The molecule has 16 rings (SSSR count). The average Bonchev–Trinajstić information content (AvgIpc) is 4.28. The maximum Gasteiger partial charge on any atom is 0.164 e. The Balaban J connectivity index is 0.848. The predicted octanol–water partition coefficient (Wildman–Crippen LogP) is 17.5. The Bertz CT molecular complexity index is 4530. The molecule has 0 amide bonds. The lowest BCUT2D eigenvalue weighted by Gasteiger charge is -2.30. The molecular formula is C70H42N4O. The van der Waals surface area contributed by atoms with Crippen molar-refractivity contribution >= 4 is 43.7 Å². The Morgan fingerprint density at radius 2 is 0.787 bits per heavy atom. The number of fused-ring (bicyclic) bond motifs is 16. The molecule has 5 heteroatoms. The van der Waals surface area contributed by atoms with Gasteiger partial charge in [-0.1, -0.05) is 200 Å². The summed E-state index contributed by atoms with van der Waals surface area (Å²) >= 11 is 0. The number of hydrogen-bond donors (Lipinski definition) is 0. The molecular weight excluding hydrogens is 913 g/mol. The Labute approximate surface area is 432 Å². The summed E-state index contributed by atoms with van der Waals surface area (Å²) in [7, 11) is 0. The SMILES string of the molecule is c1ccc(-c2nc(-c3ccccc3)nc(-c3cccc4oc5ccc(-c6ccc7c(c6)c6ccc(-c8ccc9c(c8)C8(c%10ccccc%10-c%10ccccc%108)c8ccccc8-9)cc6n7-c6ccccc6)cc5c34)n2)cc1. The molecule has 0 unspecified atom stereocenters. The first-order chi connectivity index (χ1) is 37.2. The van der Waals surface area contributed by atoms with Gasteiger partial charge in [0.2, 0.25) is 0 Å². The summed E-state index contributed by atoms with van der Waals surface area (Å²) < 4.78 is 9.01. The fourth-order valence-corrected chi connectivity index (χ4v) is 12.6. The minimum atomic E-state index is -0.410. The number of furan rings is 1. The predicted molar refractivity (Wildman–Crippen MR) is 305 cm³/mol. The van der Waals surface area contributed by atoms with E-state index in [1.54, 1.807) is 0 Å². The molecule has 1 spiro atoms. The summed E-state index contributed by atoms with van der Waals surface area (Å²) in [5.41, 5.74) is 22.5. The molecule has 0 aliphatic heterocycles. The quantitative estimate of drug-likeness (QED) is 0.167. The summed E-state index contributed by atoms with van der Waals surface area (Å²) in [5, 5.41) is 4.35. The third-order valence-corrected chi connectivity index (χ3v) is 15.9. The number of benzene rings is 11. The summed E-state index contributed by atoms with van der Waals surface area (Å²) in [6.07, 6.45) is 0. The molecule has 0 bridgehead atoms. The van der Waals surface area contributed by atoms with Crippen molar-refractivity contribution in [2.24, 2.45) is 0 Å². The first kappa shape index (κ1) is 41.6. The zero-order chi connectivity index (χ0) is 49.2. The third kappa shape index (κ3) is 6.10. The van der Waals surface area contributed by atoms with Gasteiger partial charge in [0.15, 0.2) is 17.5 Å². The highest BCUT2D eigenvalue weighted by Crippen LogP contribution is 2.63. The van der Waals surface area contributed by atoms with Gasteiger partial charge in [0.1, 0.15) is 11.2 Å². The fraction of sp³-hybridized carbons (Fsp3) is 0.0143. The molecule has 75 heavy (non-hydrogen) atoms. The Morgan fingerprint density at radius 1 is 0.293 bits per heavy atom. The molecule has 0 saturated heterocycles. The van der Waals surface area contributed by atoms with Crippen molar-refractivity contribution in [3.05, 3.63) is 277 Å². The van der Waals surface area contributed by atoms with E-state index in [0.717, 1.165) is 66.5 Å². The Hall–Kier alpha value is -9.97. The van der Waals surface area contributed by atoms with Gasteiger partial charge in [-0.2, -0.15) is 0 Å². The molecule has 0 N–H and O–H groups in total. The van der Waals surface area contributed by atoms with E-state index < -0.39 is 5.41 Å². The number of para-hydroxylation sites is 1. The van der Waals surface area contributed by atoms with Crippen LogP contribution in [-0.4, -0.2) is 19.5 Å². The van der Waals surface area contributed by atoms with Crippen molar-refractivity contribution in [3.8, 4) is 84.4 Å². The van der Waals surface area contributed by atoms with Crippen molar-refractivity contribution in [1.29, 1.82) is 0 Å². The lowest BCUT2D eigenvalue weighted by Crippen LogP contribution is -2.25. The van der Waals surface area contributed by atoms with E-state index in [0.29, 0.717) is 17.5 Å². The van der Waals surface area contributed by atoms with Crippen LogP contribution in [0.5, 0.6) is 0 Å². The van der Waals surface area contributed by atoms with Crippen LogP contribution < -0.4 is 0 Å². The summed E-state index contributed by atoms with van der Waals surface area (Å²) in [4.78, 5) is 15.2. The van der Waals surface area contributed by atoms with Crippen LogP contribution in [0.4, 0.5) is 0 Å². The van der Waals surface area contributed by atoms with Crippen LogP contribution in [0.2, 0.25) is 0 Å². The van der Waals surface area contributed by atoms with E-state index in [1.807, 2.05) is 72.8 Å². The Morgan fingerprint density at radius 3 is 1.44 bits per heavy atom. The van der Waals surface area contributed by atoms with Crippen LogP contribution in [0.1, 0.15) is 22.3 Å². The zero-order valence-electron chi connectivity index (χ0n) is 40.4. The summed E-state index contributed by atoms with van der Waals surface area (Å²) in [6, 6.07) is 91.8. The highest BCUT2D eigenvalue weighted by atomic mass is 16.3. The number of aromatic nitrogens is 4. The second-order valence-corrected chi connectivity index (χ2v) is 19.8. The lowest BCUT2D eigenvalue weighted by atomic mass is 9.70. The van der Waals surface area contributed by atoms with E-state index in [-0.39, 0.29) is 0 Å². The van der Waals surface area contributed by atoms with Gasteiger partial charge in [-0.05, 0) is 121 Å². The molecule has 0 atom stereocenters. The van der Waals surface area contributed by atoms with Gasteiger partial charge in [-0.25, -0.2) is 15.0 Å². The maximum atomic E-state index is 6.59. The largest absolute Gasteiger partial charge is 0.456 e. The van der Waals surface area contributed by atoms with Gasteiger partial charge in [0.25, 0.3) is 0 Å². The molecule has 5 nitrogen and oxygen atoms in total. The molecule has 0 radical (unpaired) electrons. The van der Waals surface area contributed by atoms with E-state index in [1.165, 1.54) is 66.4 Å². The molecule has 11 aromatic carbocycles. The van der Waals surface area contributed by atoms with E-state index in [2.05, 4.69) is 187 Å². The number of rotatable bonds is 6. The van der Waals surface area contributed by atoms with Crippen molar-refractivity contribution in [2.45, 2.75) is 5.41 Å². The molecule has 3 aromatic heterocycles. The van der Waals surface area contributed by atoms with Crippen molar-refractivity contribution in [3.63, 3.8) is 0 Å². The highest BCUT2D eigenvalue weighted by molar-refractivity contribution is 6.14. The minimum absolute atomic E-state index is 0.410. The van der Waals surface area contributed by atoms with E-state index in [4.69, 9.17) is 19.4 Å². The summed E-state index contributed by atoms with van der Waals surface area (Å²) in [6.45, 7) is 0. The van der Waals surface area contributed by atoms with Crippen molar-refractivity contribution in [1.82, 2.24) is 19.5 Å². The van der Waals surface area contributed by atoms with Crippen LogP contribution >= 0.6 is 0 Å². The van der Waals surface area contributed by atoms with E-state index in [9.17, 15) is 0 Å². The van der Waals surface area contributed by atoms with Crippen molar-refractivity contribution in [2.75, 3.05) is 0 Å². The number of hydrogen-bond acceptors (Lipinski definition) is 4. The maximum absolute atomic E-state index is 6.59. The third-order valence-electron chi connectivity index (χ3n) is 15.9. The molecule has 0 fully saturated rings. The first-order valence-electron chi connectivity index (χ1n) is 25.6. The second-order valence-electron chi connectivity index (χ2n) is 19.8. The van der Waals surface area contributed by atoms with Crippen LogP contribution in [0, 0.1) is 0 Å². The van der Waals surface area contributed by atoms with Crippen LogP contribution in [-0.2, 0) is 5.41 Å². The van der Waals surface area contributed by atoms with Gasteiger partial charge >= 0.3 is 0 Å². The highest BCUT2D eigenvalue weighted by Gasteiger charge is 2.51. The van der Waals surface area contributed by atoms with E-state index >= 15 is 0 Å². The standard InChI is InChI=1S/C70H42N4O/c1-4-17-43(18-5-1)67-71-68(44-19-6-2-7-20-44)73-69(72-67)55-26-16-30-65-66(55)57-40-46(34-38-64(57)75-65)45-33-37-62-56(39-45)54-36-32-48(42-63(54)74(62)49-21-8-3-9-22-49)47-31-35-53-52-25-12-15-29-60(52)70(61(53)41-47)58-27-13-10-23-50(58)51-24-11-14-28-59(51)70/h1-42H. The van der Waals surface area contributed by atoms with Gasteiger partial charge < -0.3 is 8.98 Å². The average molecular weight is 955 g/mol. The fourth-order valence-electron chi connectivity index (χ4n) is 12.6. The minimum Gasteiger partial charge on any atom is -0.456 e. The van der Waals surface area contributed by atoms with Crippen LogP contribution in [0.3, 0.4) is 0 Å². The molecule has 0 saturated carbocycles. The topological polar surface area (TPSA) is 56.7 Å². The second kappa shape index (κ2) is 16.0. The van der Waals surface area contributed by atoms with Crippen LogP contribution in [0.25, 0.3) is 128 Å². The molecule has 2 aliphatic carbocycles. The monoisotopic (exact) mass is 954 g/mol. The number of nitrogens with zero attached hydrogens (tertiary/aromatic N) is 4. The molecule has 14 aromatic rings. The normalized spacial score (nSPS) is 12.9. The Kier molecular flexibility index (Phi) is 8.89. The zero-order valence-corrected chi connectivity index (χ0v) is 40.4. The molecule has 2 aliphatic rings. The van der Waals surface area contributed by atoms with Crippen LogP contribution in [0.15, 0.2) is 259 Å².